The van der Waals surface area contributed by atoms with Gasteiger partial charge in [0.25, 0.3) is 0 Å². The topological polar surface area (TPSA) is 73.6 Å². The molecule has 0 fully saturated rings. The number of ether oxygens (including phenoxy) is 1. The van der Waals surface area contributed by atoms with Gasteiger partial charge in [-0.25, -0.2) is 0 Å². The number of rotatable bonds is 3. The molecule has 4 nitrogen and oxygen atoms in total. The van der Waals surface area contributed by atoms with Crippen molar-refractivity contribution in [2.24, 2.45) is 16.7 Å². The monoisotopic (exact) mass is 163 g/mol. The Hall–Kier alpha value is -0.420. The van der Waals surface area contributed by atoms with Crippen LogP contribution in [0.3, 0.4) is 0 Å². The van der Waals surface area contributed by atoms with E-state index in [0.717, 1.165) is 0 Å². The van der Waals surface area contributed by atoms with Crippen molar-refractivity contribution < 1.29 is 4.74 Å². The van der Waals surface area contributed by atoms with Gasteiger partial charge in [-0.3, -0.25) is 0 Å². The van der Waals surface area contributed by atoms with Gasteiger partial charge in [0.05, 0.1) is 6.61 Å². The van der Waals surface area contributed by atoms with Crippen LogP contribution in [-0.2, 0) is 4.74 Å². The summed E-state index contributed by atoms with van der Waals surface area (Å²) < 4.78 is 4.88. The maximum atomic E-state index is 5.34. The molecule has 0 aromatic rings. The molecule has 0 heterocycles. The van der Waals surface area contributed by atoms with Crippen molar-refractivity contribution >= 4 is 16.9 Å². The predicted molar refractivity (Wildman–Crippen MR) is 44.7 cm³/mol. The summed E-state index contributed by atoms with van der Waals surface area (Å²) >= 11 is 1.40. The molecule has 10 heavy (non-hydrogen) atoms. The highest BCUT2D eigenvalue weighted by Gasteiger charge is 2.03. The summed E-state index contributed by atoms with van der Waals surface area (Å²) in [5.41, 5.74) is 5.34. The summed E-state index contributed by atoms with van der Waals surface area (Å²) in [6.45, 7) is 2.65. The van der Waals surface area contributed by atoms with Gasteiger partial charge in [-0.15, -0.1) is 0 Å². The van der Waals surface area contributed by atoms with Crippen molar-refractivity contribution in [3.8, 4) is 0 Å². The van der Waals surface area contributed by atoms with Crippen LogP contribution in [0, 0.1) is 0 Å². The third kappa shape index (κ3) is 4.46. The van der Waals surface area contributed by atoms with Crippen LogP contribution >= 0.6 is 11.8 Å². The zero-order chi connectivity index (χ0) is 7.98. The van der Waals surface area contributed by atoms with Crippen LogP contribution in [0.25, 0.3) is 0 Å². The summed E-state index contributed by atoms with van der Waals surface area (Å²) in [6.07, 6.45) is 0. The van der Waals surface area contributed by atoms with E-state index in [1.54, 1.807) is 7.11 Å². The Morgan fingerprint density at radius 1 is 1.80 bits per heavy atom. The standard InChI is InChI=1S/C5H13N3OS/c1-4(3-9-2)10-5(6)8-7/h4H,3,7H2,1-2H3,(H2,6,8). The maximum absolute atomic E-state index is 5.34. The first-order chi connectivity index (χ1) is 4.70. The van der Waals surface area contributed by atoms with Gasteiger partial charge >= 0.3 is 0 Å². The summed E-state index contributed by atoms with van der Waals surface area (Å²) in [5, 5.41) is 4.01. The zero-order valence-electron chi connectivity index (χ0n) is 6.20. The van der Waals surface area contributed by atoms with E-state index in [-0.39, 0.29) is 0 Å². The second kappa shape index (κ2) is 5.37. The van der Waals surface area contributed by atoms with Crippen molar-refractivity contribution in [2.45, 2.75) is 12.2 Å². The van der Waals surface area contributed by atoms with Crippen molar-refractivity contribution in [1.82, 2.24) is 0 Å². The summed E-state index contributed by atoms with van der Waals surface area (Å²) in [4.78, 5) is 0. The van der Waals surface area contributed by atoms with Gasteiger partial charge < -0.3 is 16.3 Å². The molecule has 5 heteroatoms. The second-order valence-corrected chi connectivity index (χ2v) is 3.31. The van der Waals surface area contributed by atoms with E-state index < -0.39 is 0 Å². The van der Waals surface area contributed by atoms with Crippen LogP contribution < -0.4 is 11.6 Å². The van der Waals surface area contributed by atoms with Gasteiger partial charge in [0.1, 0.15) is 0 Å². The Morgan fingerprint density at radius 2 is 2.40 bits per heavy atom. The van der Waals surface area contributed by atoms with Gasteiger partial charge in [-0.1, -0.05) is 18.7 Å². The number of hydrogen-bond acceptors (Lipinski definition) is 4. The molecule has 0 saturated carbocycles. The summed E-state index contributed by atoms with van der Waals surface area (Å²) in [6, 6.07) is 0. The van der Waals surface area contributed by atoms with E-state index in [1.165, 1.54) is 11.8 Å². The average molecular weight is 163 g/mol. The number of amidine groups is 1. The van der Waals surface area contributed by atoms with E-state index in [2.05, 4.69) is 5.10 Å². The minimum absolute atomic E-state index is 0.303. The molecular weight excluding hydrogens is 150 g/mol. The molecule has 0 aliphatic heterocycles. The first-order valence-corrected chi connectivity index (χ1v) is 3.77. The summed E-state index contributed by atoms with van der Waals surface area (Å²) in [5.74, 6) is 4.92. The number of nitrogens with zero attached hydrogens (tertiary/aromatic N) is 1. The van der Waals surface area contributed by atoms with Crippen molar-refractivity contribution in [3.63, 3.8) is 0 Å². The number of nitrogens with two attached hydrogens (primary N) is 2. The van der Waals surface area contributed by atoms with Crippen LogP contribution in [0.4, 0.5) is 0 Å². The molecule has 0 bridgehead atoms. The van der Waals surface area contributed by atoms with Crippen LogP contribution in [0.5, 0.6) is 0 Å². The van der Waals surface area contributed by atoms with Crippen LogP contribution in [0.2, 0.25) is 0 Å². The fraction of sp³-hybridized carbons (Fsp3) is 0.800. The van der Waals surface area contributed by atoms with E-state index >= 15 is 0 Å². The molecule has 0 aromatic heterocycles. The van der Waals surface area contributed by atoms with E-state index in [0.29, 0.717) is 17.0 Å². The molecule has 0 aliphatic carbocycles. The van der Waals surface area contributed by atoms with E-state index in [1.807, 2.05) is 6.92 Å². The minimum atomic E-state index is 0.303. The lowest BCUT2D eigenvalue weighted by atomic mass is 10.5. The normalized spacial score (nSPS) is 15.2. The number of methoxy groups -OCH3 is 1. The SMILES string of the molecule is COCC(C)SC(N)=NN. The quantitative estimate of drug-likeness (QED) is 0.265. The lowest BCUT2D eigenvalue weighted by molar-refractivity contribution is 0.203. The number of thioether (sulfide) groups is 1. The molecule has 1 unspecified atom stereocenters. The highest BCUT2D eigenvalue weighted by atomic mass is 32.2. The molecule has 0 spiro atoms. The van der Waals surface area contributed by atoms with Crippen LogP contribution in [0.1, 0.15) is 6.92 Å². The zero-order valence-corrected chi connectivity index (χ0v) is 7.02. The van der Waals surface area contributed by atoms with E-state index in [9.17, 15) is 0 Å². The van der Waals surface area contributed by atoms with Crippen molar-refractivity contribution in [3.05, 3.63) is 0 Å². The van der Waals surface area contributed by atoms with E-state index in [4.69, 9.17) is 16.3 Å². The van der Waals surface area contributed by atoms with Gasteiger partial charge in [-0.05, 0) is 0 Å². The molecule has 0 aliphatic rings. The molecule has 0 radical (unpaired) electrons. The average Bonchev–Trinajstić information content (AvgIpc) is 1.88. The minimum Gasteiger partial charge on any atom is -0.384 e. The Kier molecular flexibility index (Phi) is 5.15. The molecular formula is C5H13N3OS. The van der Waals surface area contributed by atoms with Gasteiger partial charge in [0.15, 0.2) is 5.17 Å². The Balaban J connectivity index is 3.47. The largest absolute Gasteiger partial charge is 0.384 e. The summed E-state index contributed by atoms with van der Waals surface area (Å²) in [7, 11) is 1.65. The maximum Gasteiger partial charge on any atom is 0.177 e. The molecule has 60 valence electrons. The lowest BCUT2D eigenvalue weighted by Crippen LogP contribution is -2.16. The molecule has 1 atom stereocenters. The number of hydrogen-bond donors (Lipinski definition) is 2. The Labute approximate surface area is 65.0 Å². The van der Waals surface area contributed by atoms with Crippen LogP contribution in [-0.4, -0.2) is 24.1 Å². The lowest BCUT2D eigenvalue weighted by Gasteiger charge is -2.07. The fourth-order valence-corrected chi connectivity index (χ4v) is 1.18. The second-order valence-electron chi connectivity index (χ2n) is 1.85. The van der Waals surface area contributed by atoms with Crippen molar-refractivity contribution in [1.29, 1.82) is 0 Å². The highest BCUT2D eigenvalue weighted by Crippen LogP contribution is 2.08. The first kappa shape index (κ1) is 9.58. The predicted octanol–water partition coefficient (Wildman–Crippen LogP) is -0.0571. The highest BCUT2D eigenvalue weighted by molar-refractivity contribution is 8.14. The molecule has 0 saturated heterocycles. The molecule has 4 N–H and O–H groups in total. The Bertz CT molecular complexity index is 117. The Morgan fingerprint density at radius 3 is 2.80 bits per heavy atom. The van der Waals surface area contributed by atoms with Gasteiger partial charge in [-0.2, -0.15) is 5.10 Å². The smallest absolute Gasteiger partial charge is 0.177 e. The molecule has 0 amide bonds. The first-order valence-electron chi connectivity index (χ1n) is 2.89. The van der Waals surface area contributed by atoms with Crippen molar-refractivity contribution in [2.75, 3.05) is 13.7 Å². The van der Waals surface area contributed by atoms with Gasteiger partial charge in [0, 0.05) is 12.4 Å². The third-order valence-electron chi connectivity index (χ3n) is 0.851. The fourth-order valence-electron chi connectivity index (χ4n) is 0.505. The third-order valence-corrected chi connectivity index (χ3v) is 1.74. The van der Waals surface area contributed by atoms with Crippen LogP contribution in [0.15, 0.2) is 5.10 Å². The molecule has 0 aromatic carbocycles. The molecule has 0 rings (SSSR count). The van der Waals surface area contributed by atoms with Gasteiger partial charge in [0.2, 0.25) is 0 Å². The number of hydrazone groups is 1.